The summed E-state index contributed by atoms with van der Waals surface area (Å²) in [6, 6.07) is 18.6. The Kier molecular flexibility index (Phi) is 5.38. The molecule has 2 N–H and O–H groups in total. The average Bonchev–Trinajstić information content (AvgIpc) is 3.26. The van der Waals surface area contributed by atoms with E-state index in [0.29, 0.717) is 30.0 Å². The van der Waals surface area contributed by atoms with Gasteiger partial charge in [0.05, 0.1) is 11.1 Å². The van der Waals surface area contributed by atoms with Gasteiger partial charge in [-0.25, -0.2) is 14.4 Å². The Morgan fingerprint density at radius 1 is 1.09 bits per heavy atom. The number of phenolic OH excluding ortho intramolecular Hbond substituents is 1. The van der Waals surface area contributed by atoms with Gasteiger partial charge in [-0.1, -0.05) is 24.3 Å². The van der Waals surface area contributed by atoms with Crippen molar-refractivity contribution in [2.75, 3.05) is 18.0 Å². The summed E-state index contributed by atoms with van der Waals surface area (Å²) in [5, 5.41) is 14.3. The van der Waals surface area contributed by atoms with Crippen LogP contribution in [0.15, 0.2) is 66.7 Å². The highest BCUT2D eigenvalue weighted by Gasteiger charge is 2.27. The van der Waals surface area contributed by atoms with Crippen molar-refractivity contribution in [1.29, 1.82) is 0 Å². The second-order valence-corrected chi connectivity index (χ2v) is 8.32. The van der Waals surface area contributed by atoms with Crippen LogP contribution in [0.3, 0.4) is 0 Å². The van der Waals surface area contributed by atoms with E-state index in [1.54, 1.807) is 24.3 Å². The second-order valence-electron chi connectivity index (χ2n) is 8.32. The van der Waals surface area contributed by atoms with Crippen molar-refractivity contribution in [1.82, 2.24) is 15.3 Å². The number of amides is 1. The van der Waals surface area contributed by atoms with E-state index in [1.807, 2.05) is 31.2 Å². The van der Waals surface area contributed by atoms with Gasteiger partial charge >= 0.3 is 0 Å². The third kappa shape index (κ3) is 4.22. The van der Waals surface area contributed by atoms with Crippen molar-refractivity contribution in [2.45, 2.75) is 19.4 Å². The molecule has 7 heteroatoms. The Morgan fingerprint density at radius 2 is 1.94 bits per heavy atom. The van der Waals surface area contributed by atoms with E-state index < -0.39 is 5.82 Å². The summed E-state index contributed by atoms with van der Waals surface area (Å²) in [5.41, 5.74) is 2.75. The highest BCUT2D eigenvalue weighted by molar-refractivity contribution is 5.95. The van der Waals surface area contributed by atoms with Crippen molar-refractivity contribution in [2.24, 2.45) is 0 Å². The highest BCUT2D eigenvalue weighted by atomic mass is 19.1. The summed E-state index contributed by atoms with van der Waals surface area (Å²) in [7, 11) is 0. The topological polar surface area (TPSA) is 78.4 Å². The molecule has 3 aromatic carbocycles. The summed E-state index contributed by atoms with van der Waals surface area (Å²) in [5.74, 6) is 0.612. The van der Waals surface area contributed by atoms with E-state index in [4.69, 9.17) is 9.97 Å². The minimum Gasteiger partial charge on any atom is -0.507 e. The molecule has 1 unspecified atom stereocenters. The van der Waals surface area contributed by atoms with E-state index in [0.717, 1.165) is 28.7 Å². The molecular formula is C26H23FN4O2. The number of rotatable bonds is 4. The van der Waals surface area contributed by atoms with Crippen LogP contribution in [-0.2, 0) is 0 Å². The Balaban J connectivity index is 1.46. The Labute approximate surface area is 190 Å². The Morgan fingerprint density at radius 3 is 2.76 bits per heavy atom. The molecule has 1 amide bonds. The zero-order valence-corrected chi connectivity index (χ0v) is 18.1. The molecule has 0 saturated carbocycles. The number of carbonyl (C=O) groups excluding carboxylic acids is 1. The van der Waals surface area contributed by atoms with Gasteiger partial charge in [0, 0.05) is 30.1 Å². The van der Waals surface area contributed by atoms with Crippen LogP contribution in [-0.4, -0.2) is 40.1 Å². The van der Waals surface area contributed by atoms with E-state index in [1.165, 1.54) is 18.2 Å². The minimum absolute atomic E-state index is 0.0928. The molecule has 1 aromatic heterocycles. The zero-order chi connectivity index (χ0) is 22.9. The summed E-state index contributed by atoms with van der Waals surface area (Å²) >= 11 is 0. The highest BCUT2D eigenvalue weighted by Crippen LogP contribution is 2.33. The first-order valence-electron chi connectivity index (χ1n) is 10.9. The molecule has 1 atom stereocenters. The number of carbonyl (C=O) groups is 1. The van der Waals surface area contributed by atoms with Crippen LogP contribution in [0, 0.1) is 12.7 Å². The first-order valence-corrected chi connectivity index (χ1v) is 10.9. The van der Waals surface area contributed by atoms with Crippen LogP contribution in [0.1, 0.15) is 22.3 Å². The summed E-state index contributed by atoms with van der Waals surface area (Å²) in [6.45, 7) is 3.28. The molecule has 5 rings (SSSR count). The SMILES string of the molecule is Cc1ccc2c(N3CCC(NC(=O)c4cccc(F)c4)C3)nc(-c3ccccc3O)nc2c1. The van der Waals surface area contributed by atoms with E-state index in [2.05, 4.69) is 10.2 Å². The number of phenols is 1. The molecule has 33 heavy (non-hydrogen) atoms. The molecule has 1 aliphatic heterocycles. The van der Waals surface area contributed by atoms with Gasteiger partial charge in [0.1, 0.15) is 17.4 Å². The predicted octanol–water partition coefficient (Wildman–Crippen LogP) is 4.46. The lowest BCUT2D eigenvalue weighted by molar-refractivity contribution is 0.0940. The van der Waals surface area contributed by atoms with Crippen LogP contribution < -0.4 is 10.2 Å². The number of hydrogen-bond acceptors (Lipinski definition) is 5. The van der Waals surface area contributed by atoms with Gasteiger partial charge in [-0.15, -0.1) is 0 Å². The van der Waals surface area contributed by atoms with Crippen LogP contribution in [0.4, 0.5) is 10.2 Å². The lowest BCUT2D eigenvalue weighted by atomic mass is 10.1. The first kappa shape index (κ1) is 20.9. The number of halogens is 1. The summed E-state index contributed by atoms with van der Waals surface area (Å²) in [4.78, 5) is 24.2. The average molecular weight is 442 g/mol. The molecule has 2 heterocycles. The van der Waals surface area contributed by atoms with Crippen molar-refractivity contribution in [3.8, 4) is 17.1 Å². The maximum Gasteiger partial charge on any atom is 0.251 e. The number of aromatic nitrogens is 2. The van der Waals surface area contributed by atoms with Gasteiger partial charge in [-0.2, -0.15) is 0 Å². The molecule has 0 aliphatic carbocycles. The quantitative estimate of drug-likeness (QED) is 0.488. The van der Waals surface area contributed by atoms with E-state index in [-0.39, 0.29) is 17.7 Å². The van der Waals surface area contributed by atoms with Crippen LogP contribution >= 0.6 is 0 Å². The van der Waals surface area contributed by atoms with E-state index >= 15 is 0 Å². The molecule has 1 saturated heterocycles. The van der Waals surface area contributed by atoms with Crippen LogP contribution in [0.25, 0.3) is 22.3 Å². The van der Waals surface area contributed by atoms with Crippen molar-refractivity contribution < 1.29 is 14.3 Å². The van der Waals surface area contributed by atoms with Gasteiger partial charge in [0.25, 0.3) is 5.91 Å². The van der Waals surface area contributed by atoms with Crippen LogP contribution in [0.5, 0.6) is 5.75 Å². The lowest BCUT2D eigenvalue weighted by Gasteiger charge is -2.21. The number of aryl methyl sites for hydroxylation is 1. The fourth-order valence-electron chi connectivity index (χ4n) is 4.22. The van der Waals surface area contributed by atoms with Crippen molar-refractivity contribution in [3.05, 3.63) is 83.7 Å². The number of fused-ring (bicyclic) bond motifs is 1. The van der Waals surface area contributed by atoms with Gasteiger partial charge in [0.15, 0.2) is 5.82 Å². The Hall–Kier alpha value is -4.00. The molecule has 0 radical (unpaired) electrons. The molecule has 4 aromatic rings. The summed E-state index contributed by atoms with van der Waals surface area (Å²) in [6.07, 6.45) is 0.740. The van der Waals surface area contributed by atoms with Crippen LogP contribution in [0.2, 0.25) is 0 Å². The molecular weight excluding hydrogens is 419 g/mol. The number of nitrogens with one attached hydrogen (secondary N) is 1. The molecule has 1 aliphatic rings. The number of para-hydroxylation sites is 1. The maximum absolute atomic E-state index is 13.5. The summed E-state index contributed by atoms with van der Waals surface area (Å²) < 4.78 is 13.5. The zero-order valence-electron chi connectivity index (χ0n) is 18.1. The molecule has 1 fully saturated rings. The second kappa shape index (κ2) is 8.50. The third-order valence-corrected chi connectivity index (χ3v) is 5.89. The molecule has 0 bridgehead atoms. The lowest BCUT2D eigenvalue weighted by Crippen LogP contribution is -2.37. The monoisotopic (exact) mass is 442 g/mol. The van der Waals surface area contributed by atoms with Crippen molar-refractivity contribution >= 4 is 22.6 Å². The largest absolute Gasteiger partial charge is 0.507 e. The van der Waals surface area contributed by atoms with Gasteiger partial charge in [0.2, 0.25) is 0 Å². The van der Waals surface area contributed by atoms with Gasteiger partial charge in [-0.3, -0.25) is 4.79 Å². The first-order chi connectivity index (χ1) is 16.0. The molecule has 6 nitrogen and oxygen atoms in total. The smallest absolute Gasteiger partial charge is 0.251 e. The van der Waals surface area contributed by atoms with Gasteiger partial charge in [-0.05, 0) is 61.4 Å². The van der Waals surface area contributed by atoms with Crippen molar-refractivity contribution in [3.63, 3.8) is 0 Å². The maximum atomic E-state index is 13.5. The third-order valence-electron chi connectivity index (χ3n) is 5.89. The number of anilines is 1. The fourth-order valence-corrected chi connectivity index (χ4v) is 4.22. The number of hydrogen-bond donors (Lipinski definition) is 2. The molecule has 166 valence electrons. The van der Waals surface area contributed by atoms with Gasteiger partial charge < -0.3 is 15.3 Å². The minimum atomic E-state index is -0.435. The number of aromatic hydroxyl groups is 1. The normalized spacial score (nSPS) is 15.7. The standard InChI is InChI=1S/C26H23FN4O2/c1-16-9-10-20-22(13-16)29-24(21-7-2-3-8-23(21)32)30-25(20)31-12-11-19(15-31)28-26(33)17-5-4-6-18(27)14-17/h2-10,13-14,19,32H,11-12,15H2,1H3,(H,28,33). The Bertz CT molecular complexity index is 1360. The number of benzene rings is 3. The molecule has 0 spiro atoms. The fraction of sp³-hybridized carbons (Fsp3) is 0.192. The number of nitrogens with zero attached hydrogens (tertiary/aromatic N) is 3. The van der Waals surface area contributed by atoms with E-state index in [9.17, 15) is 14.3 Å². The predicted molar refractivity (Wildman–Crippen MR) is 126 cm³/mol.